The monoisotopic (exact) mass is 275 g/mol. The quantitative estimate of drug-likeness (QED) is 0.597. The highest BCUT2D eigenvalue weighted by Crippen LogP contribution is 2.32. The van der Waals surface area contributed by atoms with Gasteiger partial charge in [0.05, 0.1) is 6.61 Å². The number of nitrogen functional groups attached to an aromatic ring is 1. The molecule has 1 aliphatic heterocycles. The summed E-state index contributed by atoms with van der Waals surface area (Å²) in [5.74, 6) is 0.139. The van der Waals surface area contributed by atoms with E-state index in [9.17, 15) is 9.90 Å². The third kappa shape index (κ3) is 2.10. The molecule has 8 heteroatoms. The summed E-state index contributed by atoms with van der Waals surface area (Å²) < 4.78 is 6.52. The van der Waals surface area contributed by atoms with Crippen molar-refractivity contribution >= 4 is 17.4 Å². The van der Waals surface area contributed by atoms with Crippen LogP contribution >= 0.6 is 11.6 Å². The molecule has 18 heavy (non-hydrogen) atoms. The number of halogens is 1. The van der Waals surface area contributed by atoms with Crippen molar-refractivity contribution in [2.24, 2.45) is 0 Å². The van der Waals surface area contributed by atoms with E-state index in [4.69, 9.17) is 27.2 Å². The fraction of sp³-hybridized carbons (Fsp3) is 0.600. The Balaban J connectivity index is 2.39. The summed E-state index contributed by atoms with van der Waals surface area (Å²) in [7, 11) is 0. The van der Waals surface area contributed by atoms with E-state index in [2.05, 4.69) is 4.98 Å². The zero-order valence-electron chi connectivity index (χ0n) is 9.65. The molecule has 100 valence electrons. The molecule has 2 rings (SSSR count). The van der Waals surface area contributed by atoms with E-state index >= 15 is 0 Å². The van der Waals surface area contributed by atoms with Gasteiger partial charge in [-0.2, -0.15) is 4.98 Å². The van der Waals surface area contributed by atoms with Gasteiger partial charge in [-0.05, 0) is 6.92 Å². The Morgan fingerprint density at radius 2 is 2.33 bits per heavy atom. The molecule has 0 radical (unpaired) electrons. The van der Waals surface area contributed by atoms with Crippen molar-refractivity contribution in [1.82, 2.24) is 9.55 Å². The van der Waals surface area contributed by atoms with Gasteiger partial charge in [0.25, 0.3) is 0 Å². The average molecular weight is 276 g/mol. The van der Waals surface area contributed by atoms with Crippen LogP contribution < -0.4 is 11.4 Å². The van der Waals surface area contributed by atoms with Gasteiger partial charge in [-0.1, -0.05) is 0 Å². The van der Waals surface area contributed by atoms with Crippen molar-refractivity contribution in [1.29, 1.82) is 0 Å². The highest BCUT2D eigenvalue weighted by atomic mass is 35.5. The number of ether oxygens (including phenoxy) is 1. The summed E-state index contributed by atoms with van der Waals surface area (Å²) in [6, 6.07) is 0. The minimum atomic E-state index is -1.05. The van der Waals surface area contributed by atoms with Gasteiger partial charge in [0, 0.05) is 11.8 Å². The maximum Gasteiger partial charge on any atom is 0.351 e. The Hall–Kier alpha value is -1.15. The molecule has 0 spiro atoms. The van der Waals surface area contributed by atoms with Crippen molar-refractivity contribution < 1.29 is 14.9 Å². The first-order valence-corrected chi connectivity index (χ1v) is 5.83. The molecular formula is C10H14ClN3O4. The van der Waals surface area contributed by atoms with Gasteiger partial charge in [-0.3, -0.25) is 4.57 Å². The lowest BCUT2D eigenvalue weighted by molar-refractivity contribution is -0.0457. The van der Waals surface area contributed by atoms with Gasteiger partial charge in [-0.15, -0.1) is 11.6 Å². The number of aliphatic hydroxyl groups excluding tert-OH is 2. The second-order valence-electron chi connectivity index (χ2n) is 4.18. The molecule has 1 aromatic heterocycles. The zero-order chi connectivity index (χ0) is 13.4. The summed E-state index contributed by atoms with van der Waals surface area (Å²) in [5.41, 5.74) is 5.51. The molecule has 2 heterocycles. The molecule has 1 fully saturated rings. The lowest BCUT2D eigenvalue weighted by Gasteiger charge is -2.17. The van der Waals surface area contributed by atoms with Gasteiger partial charge < -0.3 is 20.7 Å². The number of hydrogen-bond donors (Lipinski definition) is 3. The Bertz CT molecular complexity index is 506. The molecule has 4 atom stereocenters. The molecule has 1 saturated heterocycles. The molecular weight excluding hydrogens is 262 g/mol. The topological polar surface area (TPSA) is 111 Å². The van der Waals surface area contributed by atoms with Crippen molar-refractivity contribution in [3.63, 3.8) is 0 Å². The molecule has 0 aromatic carbocycles. The first kappa shape index (κ1) is 13.3. The van der Waals surface area contributed by atoms with Gasteiger partial charge in [-0.25, -0.2) is 4.79 Å². The summed E-state index contributed by atoms with van der Waals surface area (Å²) in [6.45, 7) is 1.31. The van der Waals surface area contributed by atoms with E-state index in [1.807, 2.05) is 0 Å². The molecule has 1 aromatic rings. The van der Waals surface area contributed by atoms with Crippen molar-refractivity contribution in [3.05, 3.63) is 22.2 Å². The highest BCUT2D eigenvalue weighted by Gasteiger charge is 2.43. The number of hydrogen-bond acceptors (Lipinski definition) is 6. The van der Waals surface area contributed by atoms with E-state index in [1.165, 1.54) is 10.8 Å². The maximum absolute atomic E-state index is 11.7. The number of aromatic nitrogens is 2. The Morgan fingerprint density at radius 1 is 1.67 bits per heavy atom. The fourth-order valence-electron chi connectivity index (χ4n) is 1.84. The summed E-state index contributed by atoms with van der Waals surface area (Å²) >= 11 is 6.00. The van der Waals surface area contributed by atoms with Crippen LogP contribution in [-0.2, 0) is 4.74 Å². The van der Waals surface area contributed by atoms with E-state index in [-0.39, 0.29) is 12.4 Å². The molecule has 0 aliphatic carbocycles. The van der Waals surface area contributed by atoms with Gasteiger partial charge in [0.2, 0.25) is 0 Å². The van der Waals surface area contributed by atoms with Crippen LogP contribution in [0.25, 0.3) is 0 Å². The van der Waals surface area contributed by atoms with Gasteiger partial charge >= 0.3 is 5.69 Å². The van der Waals surface area contributed by atoms with E-state index in [0.29, 0.717) is 5.56 Å². The van der Waals surface area contributed by atoms with Crippen molar-refractivity contribution in [2.75, 3.05) is 12.3 Å². The Kier molecular flexibility index (Phi) is 3.58. The third-order valence-corrected chi connectivity index (χ3v) is 3.40. The van der Waals surface area contributed by atoms with E-state index < -0.39 is 29.5 Å². The minimum absolute atomic E-state index is 0.139. The number of alkyl halides is 1. The smallest absolute Gasteiger partial charge is 0.351 e. The number of nitrogens with two attached hydrogens (primary N) is 1. The number of anilines is 1. The van der Waals surface area contributed by atoms with Crippen LogP contribution in [0, 0.1) is 6.92 Å². The number of rotatable bonds is 2. The highest BCUT2D eigenvalue weighted by molar-refractivity contribution is 6.21. The van der Waals surface area contributed by atoms with Crippen LogP contribution in [0.5, 0.6) is 0 Å². The fourth-order valence-corrected chi connectivity index (χ4v) is 2.18. The van der Waals surface area contributed by atoms with Crippen LogP contribution in [0.2, 0.25) is 0 Å². The van der Waals surface area contributed by atoms with Crippen LogP contribution in [-0.4, -0.2) is 44.0 Å². The van der Waals surface area contributed by atoms with Crippen molar-refractivity contribution in [3.8, 4) is 0 Å². The second kappa shape index (κ2) is 4.85. The zero-order valence-corrected chi connectivity index (χ0v) is 10.4. The first-order chi connectivity index (χ1) is 8.45. The average Bonchev–Trinajstić information content (AvgIpc) is 2.61. The predicted octanol–water partition coefficient (Wildman–Crippen LogP) is -1.01. The Labute approximate surface area is 108 Å². The predicted molar refractivity (Wildman–Crippen MR) is 64.3 cm³/mol. The SMILES string of the molecule is Cc1cn(C2OC(CO)C(O)C2Cl)c(=O)nc1N. The van der Waals surface area contributed by atoms with Crippen LogP contribution in [0.4, 0.5) is 5.82 Å². The maximum atomic E-state index is 11.7. The lowest BCUT2D eigenvalue weighted by Crippen LogP contribution is -2.33. The van der Waals surface area contributed by atoms with Gasteiger partial charge in [0.15, 0.2) is 6.23 Å². The molecule has 1 aliphatic rings. The molecule has 0 saturated carbocycles. The van der Waals surface area contributed by atoms with Gasteiger partial charge in [0.1, 0.15) is 23.4 Å². The number of nitrogens with zero attached hydrogens (tertiary/aromatic N) is 2. The minimum Gasteiger partial charge on any atom is -0.394 e. The first-order valence-electron chi connectivity index (χ1n) is 5.39. The lowest BCUT2D eigenvalue weighted by atomic mass is 10.2. The molecule has 0 amide bonds. The summed E-state index contributed by atoms with van der Waals surface area (Å²) in [5, 5.41) is 17.9. The van der Waals surface area contributed by atoms with Crippen molar-refractivity contribution in [2.45, 2.75) is 30.7 Å². The standard InChI is InChI=1S/C10H14ClN3O4/c1-4-2-14(10(17)13-8(4)12)9-6(11)7(16)5(3-15)18-9/h2,5-7,9,15-16H,3H2,1H3,(H2,12,13,17). The van der Waals surface area contributed by atoms with E-state index in [0.717, 1.165) is 0 Å². The van der Waals surface area contributed by atoms with Crippen LogP contribution in [0.3, 0.4) is 0 Å². The van der Waals surface area contributed by atoms with Crippen LogP contribution in [0.15, 0.2) is 11.0 Å². The second-order valence-corrected chi connectivity index (χ2v) is 4.69. The van der Waals surface area contributed by atoms with E-state index in [1.54, 1.807) is 6.92 Å². The summed E-state index contributed by atoms with van der Waals surface area (Å²) in [4.78, 5) is 15.3. The molecule has 7 nitrogen and oxygen atoms in total. The number of aliphatic hydroxyl groups is 2. The third-order valence-electron chi connectivity index (χ3n) is 2.92. The molecule has 4 unspecified atom stereocenters. The Morgan fingerprint density at radius 3 is 2.89 bits per heavy atom. The summed E-state index contributed by atoms with van der Waals surface area (Å²) in [6.07, 6.45) is -1.27. The van der Waals surface area contributed by atoms with Crippen LogP contribution in [0.1, 0.15) is 11.8 Å². The normalized spacial score (nSPS) is 31.8. The molecule has 4 N–H and O–H groups in total. The number of aryl methyl sites for hydroxylation is 1. The molecule has 0 bridgehead atoms. The largest absolute Gasteiger partial charge is 0.394 e.